The molecule has 0 aromatic carbocycles. The number of amides is 1. The van der Waals surface area contributed by atoms with Crippen LogP contribution in [0.5, 0.6) is 0 Å². The van der Waals surface area contributed by atoms with E-state index < -0.39 is 0 Å². The van der Waals surface area contributed by atoms with Crippen molar-refractivity contribution >= 4 is 17.2 Å². The van der Waals surface area contributed by atoms with Crippen LogP contribution in [0.1, 0.15) is 35.5 Å². The van der Waals surface area contributed by atoms with Crippen LogP contribution in [-0.4, -0.2) is 36.5 Å². The Morgan fingerprint density at radius 3 is 3.05 bits per heavy atom. The summed E-state index contributed by atoms with van der Waals surface area (Å²) in [5.41, 5.74) is 1.21. The van der Waals surface area contributed by atoms with E-state index in [9.17, 15) is 4.79 Å². The highest BCUT2D eigenvalue weighted by atomic mass is 32.1. The van der Waals surface area contributed by atoms with Crippen LogP contribution in [0.15, 0.2) is 11.4 Å². The summed E-state index contributed by atoms with van der Waals surface area (Å²) in [6.45, 7) is 7.43. The van der Waals surface area contributed by atoms with Crippen molar-refractivity contribution in [3.05, 3.63) is 21.9 Å². The van der Waals surface area contributed by atoms with Gasteiger partial charge in [0, 0.05) is 25.7 Å². The first-order valence-corrected chi connectivity index (χ1v) is 8.22. The molecule has 1 amide bonds. The summed E-state index contributed by atoms with van der Waals surface area (Å²) in [6, 6.07) is 2.52. The number of fused-ring (bicyclic) bond motifs is 1. The Kier molecular flexibility index (Phi) is 3.63. The fraction of sp³-hybridized carbons (Fsp3) is 0.667. The van der Waals surface area contributed by atoms with Gasteiger partial charge in [0.25, 0.3) is 5.91 Å². The number of nitrogens with zero attached hydrogens (tertiary/aromatic N) is 1. The Hall–Kier alpha value is -0.870. The predicted octanol–water partition coefficient (Wildman–Crippen LogP) is 2.38. The molecule has 3 atom stereocenters. The Balaban J connectivity index is 1.84. The van der Waals surface area contributed by atoms with E-state index in [0.717, 1.165) is 37.4 Å². The van der Waals surface area contributed by atoms with Crippen LogP contribution in [0.4, 0.5) is 0 Å². The lowest BCUT2D eigenvalue weighted by molar-refractivity contribution is 0.0715. The summed E-state index contributed by atoms with van der Waals surface area (Å²) in [7, 11) is 0. The second kappa shape index (κ2) is 5.25. The van der Waals surface area contributed by atoms with Crippen LogP contribution in [0, 0.1) is 11.8 Å². The number of hydrogen-bond acceptors (Lipinski definition) is 3. The van der Waals surface area contributed by atoms with Gasteiger partial charge >= 0.3 is 0 Å². The number of carbonyl (C=O) groups excluding carboxylic acids is 1. The first-order valence-electron chi connectivity index (χ1n) is 7.34. The van der Waals surface area contributed by atoms with E-state index in [-0.39, 0.29) is 5.91 Å². The molecule has 2 fully saturated rings. The quantitative estimate of drug-likeness (QED) is 0.920. The molecule has 3 unspecified atom stereocenters. The molecule has 19 heavy (non-hydrogen) atoms. The molecule has 2 saturated heterocycles. The summed E-state index contributed by atoms with van der Waals surface area (Å²) in [5.74, 6) is 1.60. The zero-order valence-corrected chi connectivity index (χ0v) is 12.5. The van der Waals surface area contributed by atoms with Crippen LogP contribution in [0.3, 0.4) is 0 Å². The van der Waals surface area contributed by atoms with Gasteiger partial charge in [0.2, 0.25) is 0 Å². The molecule has 2 aliphatic rings. The Morgan fingerprint density at radius 2 is 2.32 bits per heavy atom. The van der Waals surface area contributed by atoms with Crippen LogP contribution in [0.25, 0.3) is 0 Å². The zero-order chi connectivity index (χ0) is 13.4. The van der Waals surface area contributed by atoms with Crippen molar-refractivity contribution in [3.63, 3.8) is 0 Å². The third-order valence-electron chi connectivity index (χ3n) is 4.72. The highest BCUT2D eigenvalue weighted by Gasteiger charge is 2.45. The predicted molar refractivity (Wildman–Crippen MR) is 78.7 cm³/mol. The molecule has 0 aliphatic carbocycles. The van der Waals surface area contributed by atoms with Gasteiger partial charge in [-0.3, -0.25) is 4.79 Å². The molecule has 0 spiro atoms. The number of aryl methyl sites for hydroxylation is 1. The van der Waals surface area contributed by atoms with Crippen LogP contribution in [0.2, 0.25) is 0 Å². The molecule has 3 rings (SSSR count). The summed E-state index contributed by atoms with van der Waals surface area (Å²) in [5, 5.41) is 5.52. The van der Waals surface area contributed by atoms with Crippen LogP contribution >= 0.6 is 11.3 Å². The molecule has 1 aromatic rings. The Labute approximate surface area is 119 Å². The van der Waals surface area contributed by atoms with Gasteiger partial charge in [-0.05, 0) is 41.7 Å². The molecule has 3 nitrogen and oxygen atoms in total. The lowest BCUT2D eigenvalue weighted by Gasteiger charge is -2.27. The SMILES string of the molecule is CCc1ccsc1C(=O)N1CC2CNCC2C1CC. The standard InChI is InChI=1S/C15H22N2OS/c1-3-10-5-6-19-14(10)15(18)17-9-11-7-16-8-12(11)13(17)4-2/h5-6,11-13,16H,3-4,7-9H2,1-2H3. The molecular formula is C15H22N2OS. The number of hydrogen-bond donors (Lipinski definition) is 1. The van der Waals surface area contributed by atoms with Gasteiger partial charge in [0.1, 0.15) is 0 Å². The minimum absolute atomic E-state index is 0.271. The van der Waals surface area contributed by atoms with Gasteiger partial charge in [0.05, 0.1) is 4.88 Å². The number of likely N-dealkylation sites (tertiary alicyclic amines) is 1. The molecular weight excluding hydrogens is 256 g/mol. The van der Waals surface area contributed by atoms with Crippen molar-refractivity contribution < 1.29 is 4.79 Å². The average molecular weight is 278 g/mol. The molecule has 0 radical (unpaired) electrons. The summed E-state index contributed by atoms with van der Waals surface area (Å²) in [6.07, 6.45) is 2.02. The van der Waals surface area contributed by atoms with Crippen molar-refractivity contribution in [1.29, 1.82) is 0 Å². The molecule has 104 valence electrons. The highest BCUT2D eigenvalue weighted by Crippen LogP contribution is 2.36. The molecule has 1 aromatic heterocycles. The number of carbonyl (C=O) groups is 1. The monoisotopic (exact) mass is 278 g/mol. The summed E-state index contributed by atoms with van der Waals surface area (Å²) < 4.78 is 0. The molecule has 4 heteroatoms. The summed E-state index contributed by atoms with van der Waals surface area (Å²) in [4.78, 5) is 15.9. The Morgan fingerprint density at radius 1 is 1.47 bits per heavy atom. The van der Waals surface area contributed by atoms with Crippen LogP contribution in [-0.2, 0) is 6.42 Å². The minimum Gasteiger partial charge on any atom is -0.334 e. The molecule has 1 N–H and O–H groups in total. The maximum atomic E-state index is 12.8. The van der Waals surface area contributed by atoms with E-state index in [4.69, 9.17) is 0 Å². The lowest BCUT2D eigenvalue weighted by Crippen LogP contribution is -2.39. The number of rotatable bonds is 3. The average Bonchev–Trinajstić information content (AvgIpc) is 3.11. The highest BCUT2D eigenvalue weighted by molar-refractivity contribution is 7.12. The molecule has 0 bridgehead atoms. The molecule has 3 heterocycles. The second-order valence-corrected chi connectivity index (χ2v) is 6.56. The van der Waals surface area contributed by atoms with Crippen molar-refractivity contribution in [2.75, 3.05) is 19.6 Å². The molecule has 2 aliphatic heterocycles. The van der Waals surface area contributed by atoms with Crippen molar-refractivity contribution in [3.8, 4) is 0 Å². The topological polar surface area (TPSA) is 32.3 Å². The zero-order valence-electron chi connectivity index (χ0n) is 11.7. The van der Waals surface area contributed by atoms with E-state index >= 15 is 0 Å². The number of thiophene rings is 1. The minimum atomic E-state index is 0.271. The maximum absolute atomic E-state index is 12.8. The normalized spacial score (nSPS) is 29.8. The van der Waals surface area contributed by atoms with Gasteiger partial charge < -0.3 is 10.2 Å². The fourth-order valence-electron chi connectivity index (χ4n) is 3.71. The lowest BCUT2D eigenvalue weighted by atomic mass is 9.93. The van der Waals surface area contributed by atoms with Crippen molar-refractivity contribution in [2.45, 2.75) is 32.7 Å². The first-order chi connectivity index (χ1) is 9.26. The first kappa shape index (κ1) is 13.1. The third kappa shape index (κ3) is 2.11. The fourth-order valence-corrected chi connectivity index (χ4v) is 4.66. The Bertz CT molecular complexity index is 470. The van der Waals surface area contributed by atoms with Crippen LogP contribution < -0.4 is 5.32 Å². The van der Waals surface area contributed by atoms with Crippen molar-refractivity contribution in [1.82, 2.24) is 10.2 Å². The van der Waals surface area contributed by atoms with Gasteiger partial charge in [-0.2, -0.15) is 0 Å². The smallest absolute Gasteiger partial charge is 0.264 e. The summed E-state index contributed by atoms with van der Waals surface area (Å²) >= 11 is 1.60. The van der Waals surface area contributed by atoms with Gasteiger partial charge in [-0.25, -0.2) is 0 Å². The van der Waals surface area contributed by atoms with E-state index in [0.29, 0.717) is 17.9 Å². The van der Waals surface area contributed by atoms with Gasteiger partial charge in [-0.15, -0.1) is 11.3 Å². The second-order valence-electron chi connectivity index (χ2n) is 5.64. The van der Waals surface area contributed by atoms with Crippen molar-refractivity contribution in [2.24, 2.45) is 11.8 Å². The molecule has 0 saturated carbocycles. The van der Waals surface area contributed by atoms with E-state index in [1.54, 1.807) is 11.3 Å². The van der Waals surface area contributed by atoms with E-state index in [2.05, 4.69) is 30.1 Å². The van der Waals surface area contributed by atoms with E-state index in [1.165, 1.54) is 5.56 Å². The largest absolute Gasteiger partial charge is 0.334 e. The van der Waals surface area contributed by atoms with Gasteiger partial charge in [-0.1, -0.05) is 13.8 Å². The third-order valence-corrected chi connectivity index (χ3v) is 5.66. The van der Waals surface area contributed by atoms with E-state index in [1.807, 2.05) is 5.38 Å². The maximum Gasteiger partial charge on any atom is 0.264 e. The number of nitrogens with one attached hydrogen (secondary N) is 1. The van der Waals surface area contributed by atoms with Gasteiger partial charge in [0.15, 0.2) is 0 Å².